The molecule has 11 heteroatoms. The second-order valence-electron chi connectivity index (χ2n) is 13.5. The molecule has 11 nitrogen and oxygen atoms in total. The monoisotopic (exact) mass is 610 g/mol. The summed E-state index contributed by atoms with van der Waals surface area (Å²) in [6.07, 6.45) is 5.29. The molecule has 2 fully saturated rings. The number of aryl methyl sites for hydroxylation is 1. The first-order chi connectivity index (χ1) is 21.0. The Morgan fingerprint density at radius 2 is 1.82 bits per heavy atom. The summed E-state index contributed by atoms with van der Waals surface area (Å²) in [7, 11) is 3.17. The number of Topliss-reactive ketones (excluding diaryl/α,β-unsaturated/α-hetero) is 1. The summed E-state index contributed by atoms with van der Waals surface area (Å²) in [5, 5.41) is 2.84. The fourth-order valence-electron chi connectivity index (χ4n) is 6.55. The van der Waals surface area contributed by atoms with E-state index in [1.807, 2.05) is 39.0 Å². The molecule has 0 radical (unpaired) electrons. The summed E-state index contributed by atoms with van der Waals surface area (Å²) < 4.78 is 23.3. The van der Waals surface area contributed by atoms with Crippen LogP contribution in [-0.2, 0) is 25.5 Å². The molecule has 3 aliphatic rings. The van der Waals surface area contributed by atoms with Gasteiger partial charge in [0.25, 0.3) is 0 Å². The zero-order valence-corrected chi connectivity index (χ0v) is 26.8. The quantitative estimate of drug-likeness (QED) is 0.533. The maximum absolute atomic E-state index is 14.2. The van der Waals surface area contributed by atoms with Crippen molar-refractivity contribution in [2.24, 2.45) is 17.3 Å². The van der Waals surface area contributed by atoms with Crippen LogP contribution in [-0.4, -0.2) is 84.3 Å². The molecule has 44 heavy (non-hydrogen) atoms. The number of ether oxygens (including phenoxy) is 4. The van der Waals surface area contributed by atoms with Crippen molar-refractivity contribution in [1.29, 1.82) is 0 Å². The number of hydrogen-bond acceptors (Lipinski definition) is 9. The summed E-state index contributed by atoms with van der Waals surface area (Å²) in [5.41, 5.74) is 1.48. The number of fused-ring (bicyclic) bond motifs is 5. The van der Waals surface area contributed by atoms with Crippen LogP contribution in [0, 0.1) is 17.3 Å². The lowest BCUT2D eigenvalue weighted by molar-refractivity contribution is -0.141. The predicted octanol–water partition coefficient (Wildman–Crippen LogP) is 4.48. The van der Waals surface area contributed by atoms with Gasteiger partial charge in [0.05, 0.1) is 37.3 Å². The molecule has 1 aromatic carbocycles. The van der Waals surface area contributed by atoms with Crippen LogP contribution in [0.1, 0.15) is 71.9 Å². The number of rotatable bonds is 4. The standard InChI is InChI=1S/C33H46N4O7/c1-19(38)28-22(18-41-5)27-17-37(28)31(39)29(33(2,3)4)36-32(40)44-26-15-20(26)11-9-7-8-10-12-24-30(43-27)35-25-16-21(42-6)13-14-23(25)34-24/h13-14,16,20,22,26-29H,7-12,15,17-18H2,1-6H3,(H,36,40)/t20-,22-,26-,27+,28-,29-/m1/s1. The van der Waals surface area contributed by atoms with Gasteiger partial charge in [0, 0.05) is 19.1 Å². The molecule has 2 aromatic rings. The average Bonchev–Trinajstić information content (AvgIpc) is 3.60. The second-order valence-corrected chi connectivity index (χ2v) is 13.5. The normalized spacial score (nSPS) is 28.4. The number of nitrogens with zero attached hydrogens (tertiary/aromatic N) is 3. The van der Waals surface area contributed by atoms with Crippen molar-refractivity contribution in [3.8, 4) is 11.6 Å². The molecule has 240 valence electrons. The van der Waals surface area contributed by atoms with Crippen molar-refractivity contribution in [2.75, 3.05) is 27.4 Å². The van der Waals surface area contributed by atoms with E-state index in [1.54, 1.807) is 14.2 Å². The minimum atomic E-state index is -0.915. The molecule has 3 heterocycles. The molecule has 1 saturated carbocycles. The summed E-state index contributed by atoms with van der Waals surface area (Å²) in [4.78, 5) is 51.8. The Hall–Kier alpha value is -3.47. The minimum absolute atomic E-state index is 0.123. The van der Waals surface area contributed by atoms with E-state index >= 15 is 0 Å². The molecule has 6 atom stereocenters. The van der Waals surface area contributed by atoms with Crippen LogP contribution in [0.15, 0.2) is 18.2 Å². The summed E-state index contributed by atoms with van der Waals surface area (Å²) in [6.45, 7) is 7.45. The number of carbonyl (C=O) groups excluding carboxylic acids is 3. The van der Waals surface area contributed by atoms with Gasteiger partial charge in [-0.25, -0.2) is 14.8 Å². The highest BCUT2D eigenvalue weighted by Crippen LogP contribution is 2.39. The Kier molecular flexibility index (Phi) is 9.62. The van der Waals surface area contributed by atoms with Gasteiger partial charge in [-0.2, -0.15) is 0 Å². The van der Waals surface area contributed by atoms with E-state index in [4.69, 9.17) is 28.9 Å². The molecule has 1 aromatic heterocycles. The van der Waals surface area contributed by atoms with Crippen LogP contribution in [0.5, 0.6) is 11.6 Å². The lowest BCUT2D eigenvalue weighted by Gasteiger charge is -2.35. The Morgan fingerprint density at radius 1 is 1.05 bits per heavy atom. The van der Waals surface area contributed by atoms with Gasteiger partial charge in [0.1, 0.15) is 29.7 Å². The van der Waals surface area contributed by atoms with Crippen molar-refractivity contribution in [1.82, 2.24) is 20.2 Å². The third kappa shape index (κ3) is 7.08. The number of amides is 2. The largest absolute Gasteiger partial charge is 0.497 e. The van der Waals surface area contributed by atoms with E-state index in [0.29, 0.717) is 29.5 Å². The first-order valence-electron chi connectivity index (χ1n) is 15.8. The first kappa shape index (κ1) is 31.9. The van der Waals surface area contributed by atoms with Crippen LogP contribution in [0.25, 0.3) is 11.0 Å². The van der Waals surface area contributed by atoms with Gasteiger partial charge in [-0.1, -0.05) is 40.0 Å². The van der Waals surface area contributed by atoms with Gasteiger partial charge in [0.15, 0.2) is 5.78 Å². The fourth-order valence-corrected chi connectivity index (χ4v) is 6.55. The van der Waals surface area contributed by atoms with Gasteiger partial charge in [0.2, 0.25) is 11.8 Å². The average molecular weight is 611 g/mol. The number of carbonyl (C=O) groups is 3. The SMILES string of the molecule is COC[C@@H]1[C@@H]2CN(C(=O)[C@H](C(C)(C)C)NC(=O)O[C@@H]3C[C@H]3CCCCCCc3nc4ccc(OC)cc4nc3O2)[C@@H]1C(C)=O. The molecule has 0 spiro atoms. The second kappa shape index (κ2) is 13.3. The maximum Gasteiger partial charge on any atom is 0.408 e. The highest BCUT2D eigenvalue weighted by Gasteiger charge is 2.51. The highest BCUT2D eigenvalue weighted by atomic mass is 16.6. The number of methoxy groups -OCH3 is 2. The van der Waals surface area contributed by atoms with Crippen LogP contribution < -0.4 is 14.8 Å². The molecular weight excluding hydrogens is 564 g/mol. The molecule has 1 N–H and O–H groups in total. The van der Waals surface area contributed by atoms with Crippen molar-refractivity contribution in [2.45, 2.75) is 96.9 Å². The van der Waals surface area contributed by atoms with Crippen molar-refractivity contribution in [3.63, 3.8) is 0 Å². The van der Waals surface area contributed by atoms with Gasteiger partial charge in [-0.3, -0.25) is 9.59 Å². The zero-order chi connectivity index (χ0) is 31.6. The third-order valence-corrected chi connectivity index (χ3v) is 9.05. The smallest absolute Gasteiger partial charge is 0.408 e. The van der Waals surface area contributed by atoms with E-state index in [2.05, 4.69) is 5.32 Å². The van der Waals surface area contributed by atoms with E-state index in [9.17, 15) is 14.4 Å². The van der Waals surface area contributed by atoms with E-state index < -0.39 is 35.6 Å². The molecule has 2 bridgehead atoms. The number of aromatic nitrogens is 2. The summed E-state index contributed by atoms with van der Waals surface area (Å²) in [6, 6.07) is 3.85. The molecule has 1 saturated heterocycles. The van der Waals surface area contributed by atoms with Crippen LogP contribution >= 0.6 is 0 Å². The minimum Gasteiger partial charge on any atom is -0.497 e. The fraction of sp³-hybridized carbons (Fsp3) is 0.667. The van der Waals surface area contributed by atoms with Crippen LogP contribution in [0.4, 0.5) is 4.79 Å². The Balaban J connectivity index is 1.53. The number of hydrogen-bond donors (Lipinski definition) is 1. The topological polar surface area (TPSA) is 129 Å². The third-order valence-electron chi connectivity index (χ3n) is 9.05. The number of ketones is 1. The van der Waals surface area contributed by atoms with E-state index in [1.165, 1.54) is 11.8 Å². The number of alkyl carbamates (subject to hydrolysis) is 1. The Labute approximate surface area is 259 Å². The molecular formula is C33H46N4O7. The molecule has 2 aliphatic heterocycles. The lowest BCUT2D eigenvalue weighted by atomic mass is 9.85. The molecule has 0 unspecified atom stereocenters. The maximum atomic E-state index is 14.2. The van der Waals surface area contributed by atoms with Gasteiger partial charge in [-0.05, 0) is 56.1 Å². The summed E-state index contributed by atoms with van der Waals surface area (Å²) in [5.74, 6) is 0.405. The zero-order valence-electron chi connectivity index (χ0n) is 26.8. The molecule has 2 amide bonds. The van der Waals surface area contributed by atoms with Crippen molar-refractivity contribution < 1.29 is 33.3 Å². The van der Waals surface area contributed by atoms with E-state index in [-0.39, 0.29) is 30.9 Å². The van der Waals surface area contributed by atoms with Gasteiger partial charge in [-0.15, -0.1) is 0 Å². The van der Waals surface area contributed by atoms with Gasteiger partial charge < -0.3 is 29.2 Å². The van der Waals surface area contributed by atoms with Crippen molar-refractivity contribution in [3.05, 3.63) is 23.9 Å². The first-order valence-corrected chi connectivity index (χ1v) is 15.8. The van der Waals surface area contributed by atoms with Crippen LogP contribution in [0.2, 0.25) is 0 Å². The Bertz CT molecular complexity index is 1380. The number of nitrogens with one attached hydrogen (secondary N) is 1. The lowest BCUT2D eigenvalue weighted by Crippen LogP contribution is -2.57. The summed E-state index contributed by atoms with van der Waals surface area (Å²) >= 11 is 0. The van der Waals surface area contributed by atoms with Crippen LogP contribution in [0.3, 0.4) is 0 Å². The molecule has 5 rings (SSSR count). The number of benzene rings is 1. The highest BCUT2D eigenvalue weighted by molar-refractivity contribution is 5.92. The van der Waals surface area contributed by atoms with E-state index in [0.717, 1.165) is 49.7 Å². The van der Waals surface area contributed by atoms with Crippen molar-refractivity contribution >= 4 is 28.8 Å². The predicted molar refractivity (Wildman–Crippen MR) is 164 cm³/mol. The molecule has 1 aliphatic carbocycles. The Morgan fingerprint density at radius 3 is 2.52 bits per heavy atom. The van der Waals surface area contributed by atoms with Gasteiger partial charge >= 0.3 is 6.09 Å².